The standard InChI is InChI=1S/C24H26N2O4/c27-22(10-11-23(28)26-16-17-30-21-9-5-4-8-20(21)26)25-14-12-19(13-15-25)24(29)18-6-2-1-3-7-18/h1-9,19H,10-17H2. The van der Waals surface area contributed by atoms with Crippen molar-refractivity contribution in [1.82, 2.24) is 4.90 Å². The Balaban J connectivity index is 1.27. The van der Waals surface area contributed by atoms with Gasteiger partial charge in [-0.15, -0.1) is 0 Å². The van der Waals surface area contributed by atoms with Gasteiger partial charge in [-0.25, -0.2) is 0 Å². The van der Waals surface area contributed by atoms with Crippen LogP contribution in [0.2, 0.25) is 0 Å². The summed E-state index contributed by atoms with van der Waals surface area (Å²) < 4.78 is 5.59. The lowest BCUT2D eigenvalue weighted by molar-refractivity contribution is -0.134. The number of benzene rings is 2. The van der Waals surface area contributed by atoms with Crippen LogP contribution in [-0.2, 0) is 9.59 Å². The summed E-state index contributed by atoms with van der Waals surface area (Å²) in [7, 11) is 0. The molecular weight excluding hydrogens is 380 g/mol. The van der Waals surface area contributed by atoms with Crippen LogP contribution in [0.3, 0.4) is 0 Å². The monoisotopic (exact) mass is 406 g/mol. The molecular formula is C24H26N2O4. The third-order valence-electron chi connectivity index (χ3n) is 5.86. The molecule has 0 N–H and O–H groups in total. The molecule has 0 atom stereocenters. The Morgan fingerprint density at radius 2 is 1.50 bits per heavy atom. The zero-order chi connectivity index (χ0) is 20.9. The van der Waals surface area contributed by atoms with Gasteiger partial charge in [-0.1, -0.05) is 42.5 Å². The van der Waals surface area contributed by atoms with Gasteiger partial charge in [0.1, 0.15) is 12.4 Å². The number of anilines is 1. The van der Waals surface area contributed by atoms with Gasteiger partial charge in [0, 0.05) is 37.4 Å². The van der Waals surface area contributed by atoms with E-state index in [1.165, 1.54) is 0 Å². The molecule has 6 heteroatoms. The quantitative estimate of drug-likeness (QED) is 0.715. The Labute approximate surface area is 176 Å². The van der Waals surface area contributed by atoms with E-state index >= 15 is 0 Å². The molecule has 0 bridgehead atoms. The summed E-state index contributed by atoms with van der Waals surface area (Å²) >= 11 is 0. The summed E-state index contributed by atoms with van der Waals surface area (Å²) in [5.74, 6) is 0.740. The lowest BCUT2D eigenvalue weighted by atomic mass is 9.89. The highest BCUT2D eigenvalue weighted by Gasteiger charge is 2.29. The van der Waals surface area contributed by atoms with Crippen LogP contribution in [0.15, 0.2) is 54.6 Å². The van der Waals surface area contributed by atoms with Crippen LogP contribution in [0.25, 0.3) is 0 Å². The second kappa shape index (κ2) is 9.11. The van der Waals surface area contributed by atoms with Crippen LogP contribution >= 0.6 is 0 Å². The number of carbonyl (C=O) groups excluding carboxylic acids is 3. The first-order valence-electron chi connectivity index (χ1n) is 10.5. The number of rotatable bonds is 5. The largest absolute Gasteiger partial charge is 0.490 e. The number of piperidine rings is 1. The van der Waals surface area contributed by atoms with Crippen molar-refractivity contribution < 1.29 is 19.1 Å². The first-order valence-corrected chi connectivity index (χ1v) is 10.5. The topological polar surface area (TPSA) is 66.9 Å². The fraction of sp³-hybridized carbons (Fsp3) is 0.375. The van der Waals surface area contributed by atoms with Gasteiger partial charge in [-0.05, 0) is 25.0 Å². The van der Waals surface area contributed by atoms with Crippen molar-refractivity contribution in [2.75, 3.05) is 31.1 Å². The van der Waals surface area contributed by atoms with E-state index in [1.54, 1.807) is 9.80 Å². The van der Waals surface area contributed by atoms with Crippen LogP contribution in [0.4, 0.5) is 5.69 Å². The number of ether oxygens (including phenoxy) is 1. The van der Waals surface area contributed by atoms with E-state index in [0.29, 0.717) is 44.8 Å². The molecule has 0 saturated carbocycles. The van der Waals surface area contributed by atoms with Gasteiger partial charge in [-0.2, -0.15) is 0 Å². The minimum absolute atomic E-state index is 0.0181. The summed E-state index contributed by atoms with van der Waals surface area (Å²) in [6.45, 7) is 2.09. The molecule has 0 spiro atoms. The van der Waals surface area contributed by atoms with Gasteiger partial charge in [0.15, 0.2) is 5.78 Å². The smallest absolute Gasteiger partial charge is 0.227 e. The Kier molecular flexibility index (Phi) is 6.12. The molecule has 0 unspecified atom stereocenters. The maximum Gasteiger partial charge on any atom is 0.227 e. The zero-order valence-electron chi connectivity index (χ0n) is 17.0. The summed E-state index contributed by atoms with van der Waals surface area (Å²) in [5, 5.41) is 0. The van der Waals surface area contributed by atoms with Gasteiger partial charge in [0.2, 0.25) is 11.8 Å². The van der Waals surface area contributed by atoms with Gasteiger partial charge in [-0.3, -0.25) is 14.4 Å². The van der Waals surface area contributed by atoms with E-state index < -0.39 is 0 Å². The minimum Gasteiger partial charge on any atom is -0.490 e. The Hall–Kier alpha value is -3.15. The summed E-state index contributed by atoms with van der Waals surface area (Å²) in [5.41, 5.74) is 1.50. The van der Waals surface area contributed by atoms with E-state index in [9.17, 15) is 14.4 Å². The lowest BCUT2D eigenvalue weighted by Crippen LogP contribution is -2.41. The maximum atomic E-state index is 12.7. The van der Waals surface area contributed by atoms with Crippen molar-refractivity contribution in [2.24, 2.45) is 5.92 Å². The van der Waals surface area contributed by atoms with Crippen molar-refractivity contribution in [3.05, 3.63) is 60.2 Å². The number of Topliss-reactive ketones (excluding diaryl/α,β-unsaturated/α-hetero) is 1. The molecule has 0 aliphatic carbocycles. The number of para-hydroxylation sites is 2. The Bertz CT molecular complexity index is 920. The van der Waals surface area contributed by atoms with Crippen molar-refractivity contribution in [3.8, 4) is 5.75 Å². The molecule has 2 aromatic carbocycles. The number of amides is 2. The van der Waals surface area contributed by atoms with Crippen LogP contribution in [-0.4, -0.2) is 48.7 Å². The summed E-state index contributed by atoms with van der Waals surface area (Å²) in [4.78, 5) is 41.4. The molecule has 0 radical (unpaired) electrons. The summed E-state index contributed by atoms with van der Waals surface area (Å²) in [6.07, 6.45) is 1.71. The van der Waals surface area contributed by atoms with Crippen molar-refractivity contribution in [3.63, 3.8) is 0 Å². The van der Waals surface area contributed by atoms with E-state index in [4.69, 9.17) is 4.74 Å². The molecule has 2 heterocycles. The molecule has 1 saturated heterocycles. The zero-order valence-corrected chi connectivity index (χ0v) is 17.0. The van der Waals surface area contributed by atoms with Crippen LogP contribution in [0, 0.1) is 5.92 Å². The first kappa shape index (κ1) is 20.1. The number of hydrogen-bond acceptors (Lipinski definition) is 4. The lowest BCUT2D eigenvalue weighted by Gasteiger charge is -2.32. The summed E-state index contributed by atoms with van der Waals surface area (Å²) in [6, 6.07) is 16.8. The molecule has 156 valence electrons. The number of fused-ring (bicyclic) bond motifs is 1. The van der Waals surface area contributed by atoms with Crippen LogP contribution in [0.5, 0.6) is 5.75 Å². The number of nitrogens with zero attached hydrogens (tertiary/aromatic N) is 2. The number of hydrogen-bond donors (Lipinski definition) is 0. The number of ketones is 1. The van der Waals surface area contributed by atoms with Gasteiger partial charge in [0.05, 0.1) is 12.2 Å². The molecule has 30 heavy (non-hydrogen) atoms. The molecule has 2 amide bonds. The van der Waals surface area contributed by atoms with Gasteiger partial charge in [0.25, 0.3) is 0 Å². The molecule has 2 aliphatic heterocycles. The molecule has 2 aliphatic rings. The number of carbonyl (C=O) groups is 3. The van der Waals surface area contributed by atoms with Crippen LogP contribution in [0.1, 0.15) is 36.0 Å². The van der Waals surface area contributed by atoms with E-state index in [-0.39, 0.29) is 36.4 Å². The molecule has 6 nitrogen and oxygen atoms in total. The number of likely N-dealkylation sites (tertiary alicyclic amines) is 1. The average molecular weight is 406 g/mol. The van der Waals surface area contributed by atoms with Crippen molar-refractivity contribution >= 4 is 23.3 Å². The van der Waals surface area contributed by atoms with Gasteiger partial charge >= 0.3 is 0 Å². The highest BCUT2D eigenvalue weighted by Crippen LogP contribution is 2.31. The molecule has 1 fully saturated rings. The second-order valence-corrected chi connectivity index (χ2v) is 7.75. The van der Waals surface area contributed by atoms with Gasteiger partial charge < -0.3 is 14.5 Å². The average Bonchev–Trinajstić information content (AvgIpc) is 2.82. The third kappa shape index (κ3) is 4.37. The van der Waals surface area contributed by atoms with Crippen molar-refractivity contribution in [1.29, 1.82) is 0 Å². The van der Waals surface area contributed by atoms with E-state index in [0.717, 1.165) is 11.3 Å². The molecule has 4 rings (SSSR count). The third-order valence-corrected chi connectivity index (χ3v) is 5.86. The maximum absolute atomic E-state index is 12.7. The normalized spacial score (nSPS) is 16.5. The van der Waals surface area contributed by atoms with Crippen molar-refractivity contribution in [2.45, 2.75) is 25.7 Å². The second-order valence-electron chi connectivity index (χ2n) is 7.75. The Morgan fingerprint density at radius 3 is 2.27 bits per heavy atom. The van der Waals surface area contributed by atoms with E-state index in [1.807, 2.05) is 54.6 Å². The first-order chi connectivity index (χ1) is 14.6. The minimum atomic E-state index is -0.0618. The fourth-order valence-corrected chi connectivity index (χ4v) is 4.16. The predicted molar refractivity (Wildman–Crippen MR) is 114 cm³/mol. The van der Waals surface area contributed by atoms with Crippen LogP contribution < -0.4 is 9.64 Å². The Morgan fingerprint density at radius 1 is 0.833 bits per heavy atom. The van der Waals surface area contributed by atoms with E-state index in [2.05, 4.69) is 0 Å². The highest BCUT2D eigenvalue weighted by atomic mass is 16.5. The molecule has 0 aromatic heterocycles. The molecule has 2 aromatic rings. The SMILES string of the molecule is O=C(c1ccccc1)C1CCN(C(=O)CCC(=O)N2CCOc3ccccc32)CC1. The fourth-order valence-electron chi connectivity index (χ4n) is 4.16. The highest BCUT2D eigenvalue weighted by molar-refractivity contribution is 5.98. The predicted octanol–water partition coefficient (Wildman–Crippen LogP) is 3.31.